The molecule has 71 heavy (non-hydrogen) atoms. The molecule has 1 heteroatoms. The summed E-state index contributed by atoms with van der Waals surface area (Å²) in [5.41, 5.74) is 23.3. The Morgan fingerprint density at radius 2 is 0.704 bits per heavy atom. The SMILES string of the molecule is CCc1ccccc1N(c1ccc2c(c1)-c1ccccc1C2(c1ccc(C(C)(C)C)cc1)c1ccc(C(C)(C)C)cc1)c1ccc2c(c1)C(c1ccccc1)(c1ccc(C(C)(C)C)cc1)c1ccccc1-2. The molecule has 0 amide bonds. The largest absolute Gasteiger partial charge is 0.310 e. The highest BCUT2D eigenvalue weighted by Gasteiger charge is 2.48. The molecule has 11 rings (SSSR count). The van der Waals surface area contributed by atoms with Gasteiger partial charge in [0.15, 0.2) is 0 Å². The third-order valence-electron chi connectivity index (χ3n) is 15.9. The smallest absolute Gasteiger partial charge is 0.0714 e. The second kappa shape index (κ2) is 17.0. The van der Waals surface area contributed by atoms with Crippen molar-refractivity contribution in [3.63, 3.8) is 0 Å². The van der Waals surface area contributed by atoms with Crippen molar-refractivity contribution in [1.82, 2.24) is 0 Å². The summed E-state index contributed by atoms with van der Waals surface area (Å²) in [6.45, 7) is 23.0. The number of nitrogens with zero attached hydrogens (tertiary/aromatic N) is 1. The van der Waals surface area contributed by atoms with Crippen molar-refractivity contribution in [2.75, 3.05) is 4.90 Å². The monoisotopic (exact) mass is 922 g/mol. The summed E-state index contributed by atoms with van der Waals surface area (Å²) in [5.74, 6) is 0. The Bertz CT molecular complexity index is 3370. The standard InChI is InChI=1S/C70H67N/c1-11-47-21-15-20-28-65(47)71(56-41-43-59-57-24-16-18-26-61(57)70(64(59)46-56,51-22-13-12-14-23-51)54-39-33-50(34-40-54)68(8,9)10)55-42-44-63-60(45-55)58-25-17-19-27-62(58)69(63,52-35-29-48(30-36-52)66(2,3)4)53-37-31-49(32-38-53)67(5,6)7/h12-46H,11H2,1-10H3. The molecule has 0 saturated carbocycles. The molecular weight excluding hydrogens is 855 g/mol. The molecule has 9 aromatic carbocycles. The molecule has 352 valence electrons. The van der Waals surface area contributed by atoms with E-state index in [0.717, 1.165) is 17.8 Å². The summed E-state index contributed by atoms with van der Waals surface area (Å²) in [4.78, 5) is 2.54. The Morgan fingerprint density at radius 1 is 0.324 bits per heavy atom. The first kappa shape index (κ1) is 46.2. The number of benzene rings is 9. The molecule has 0 fully saturated rings. The Balaban J connectivity index is 1.16. The highest BCUT2D eigenvalue weighted by molar-refractivity contribution is 5.93. The fourth-order valence-corrected chi connectivity index (χ4v) is 12.2. The maximum absolute atomic E-state index is 2.54. The van der Waals surface area contributed by atoms with Crippen molar-refractivity contribution in [1.29, 1.82) is 0 Å². The first-order valence-corrected chi connectivity index (χ1v) is 25.8. The van der Waals surface area contributed by atoms with E-state index < -0.39 is 10.8 Å². The second-order valence-electron chi connectivity index (χ2n) is 23.2. The van der Waals surface area contributed by atoms with Crippen molar-refractivity contribution in [3.8, 4) is 22.3 Å². The molecular formula is C70H67N. The van der Waals surface area contributed by atoms with Gasteiger partial charge in [0.2, 0.25) is 0 Å². The van der Waals surface area contributed by atoms with E-state index in [1.54, 1.807) is 0 Å². The van der Waals surface area contributed by atoms with Gasteiger partial charge in [0, 0.05) is 17.1 Å². The molecule has 0 N–H and O–H groups in total. The van der Waals surface area contributed by atoms with Crippen LogP contribution in [0.4, 0.5) is 17.1 Å². The molecule has 1 nitrogen and oxygen atoms in total. The van der Waals surface area contributed by atoms with Crippen molar-refractivity contribution in [3.05, 3.63) is 279 Å². The molecule has 0 radical (unpaired) electrons. The fourth-order valence-electron chi connectivity index (χ4n) is 12.2. The zero-order valence-electron chi connectivity index (χ0n) is 43.4. The quantitative estimate of drug-likeness (QED) is 0.147. The van der Waals surface area contributed by atoms with E-state index in [4.69, 9.17) is 0 Å². The molecule has 1 atom stereocenters. The minimum atomic E-state index is -0.545. The van der Waals surface area contributed by atoms with E-state index in [-0.39, 0.29) is 16.2 Å². The van der Waals surface area contributed by atoms with Gasteiger partial charge in [-0.25, -0.2) is 0 Å². The van der Waals surface area contributed by atoms with Gasteiger partial charge >= 0.3 is 0 Å². The van der Waals surface area contributed by atoms with Crippen molar-refractivity contribution in [2.45, 2.75) is 103 Å². The molecule has 0 aromatic heterocycles. The van der Waals surface area contributed by atoms with Crippen LogP contribution >= 0.6 is 0 Å². The lowest BCUT2D eigenvalue weighted by Gasteiger charge is -2.36. The Hall–Kier alpha value is -7.22. The molecule has 2 aliphatic carbocycles. The average molecular weight is 922 g/mol. The zero-order valence-corrected chi connectivity index (χ0v) is 43.4. The van der Waals surface area contributed by atoms with Crippen molar-refractivity contribution < 1.29 is 0 Å². The molecule has 2 aliphatic rings. The van der Waals surface area contributed by atoms with Crippen LogP contribution in [0.3, 0.4) is 0 Å². The Morgan fingerprint density at radius 3 is 1.21 bits per heavy atom. The lowest BCUT2D eigenvalue weighted by molar-refractivity contribution is 0.588. The number of hydrogen-bond acceptors (Lipinski definition) is 1. The van der Waals surface area contributed by atoms with Crippen molar-refractivity contribution in [2.24, 2.45) is 0 Å². The van der Waals surface area contributed by atoms with E-state index >= 15 is 0 Å². The predicted octanol–water partition coefficient (Wildman–Crippen LogP) is 18.3. The minimum absolute atomic E-state index is 0.0358. The zero-order chi connectivity index (χ0) is 49.5. The highest BCUT2D eigenvalue weighted by atomic mass is 15.1. The molecule has 1 unspecified atom stereocenters. The molecule has 0 heterocycles. The molecule has 0 saturated heterocycles. The maximum Gasteiger partial charge on any atom is 0.0714 e. The summed E-state index contributed by atoms with van der Waals surface area (Å²) >= 11 is 0. The van der Waals surface area contributed by atoms with Gasteiger partial charge in [-0.3, -0.25) is 0 Å². The van der Waals surface area contributed by atoms with Gasteiger partial charge < -0.3 is 4.90 Å². The van der Waals surface area contributed by atoms with Crippen LogP contribution in [0, 0.1) is 0 Å². The van der Waals surface area contributed by atoms with Gasteiger partial charge in [0.1, 0.15) is 0 Å². The summed E-state index contributed by atoms with van der Waals surface area (Å²) in [6.07, 6.45) is 0.906. The molecule has 0 aliphatic heterocycles. The topological polar surface area (TPSA) is 3.24 Å². The number of fused-ring (bicyclic) bond motifs is 6. The van der Waals surface area contributed by atoms with Crippen LogP contribution in [-0.2, 0) is 33.5 Å². The first-order chi connectivity index (χ1) is 34.1. The lowest BCUT2D eigenvalue weighted by Crippen LogP contribution is -2.29. The maximum atomic E-state index is 2.54. The molecule has 0 bridgehead atoms. The van der Waals surface area contributed by atoms with Crippen molar-refractivity contribution >= 4 is 17.1 Å². The lowest BCUT2D eigenvalue weighted by atomic mass is 9.67. The number of para-hydroxylation sites is 1. The summed E-state index contributed by atoms with van der Waals surface area (Å²) in [7, 11) is 0. The average Bonchev–Trinajstić information content (AvgIpc) is 3.84. The van der Waals surface area contributed by atoms with Gasteiger partial charge in [-0.15, -0.1) is 0 Å². The Kier molecular flexibility index (Phi) is 11.0. The summed E-state index contributed by atoms with van der Waals surface area (Å²) in [6, 6.07) is 81.7. The molecule has 9 aromatic rings. The fraction of sp³-hybridized carbons (Fsp3) is 0.229. The van der Waals surface area contributed by atoms with Crippen LogP contribution in [0.2, 0.25) is 0 Å². The van der Waals surface area contributed by atoms with Crippen LogP contribution in [-0.4, -0.2) is 0 Å². The predicted molar refractivity (Wildman–Crippen MR) is 301 cm³/mol. The number of anilines is 3. The van der Waals surface area contributed by atoms with Gasteiger partial charge in [0.25, 0.3) is 0 Å². The van der Waals surface area contributed by atoms with E-state index in [1.807, 2.05) is 0 Å². The van der Waals surface area contributed by atoms with Crippen LogP contribution in [0.25, 0.3) is 22.3 Å². The van der Waals surface area contributed by atoms with E-state index in [2.05, 4.69) is 286 Å². The van der Waals surface area contributed by atoms with E-state index in [9.17, 15) is 0 Å². The van der Waals surface area contributed by atoms with Crippen LogP contribution in [0.5, 0.6) is 0 Å². The summed E-state index contributed by atoms with van der Waals surface area (Å²) in [5, 5.41) is 0. The third kappa shape index (κ3) is 7.34. The normalized spacial score (nSPS) is 15.7. The number of rotatable bonds is 8. The van der Waals surface area contributed by atoms with Gasteiger partial charge in [0.05, 0.1) is 10.8 Å². The summed E-state index contributed by atoms with van der Waals surface area (Å²) < 4.78 is 0. The number of hydrogen-bond donors (Lipinski definition) is 0. The van der Waals surface area contributed by atoms with E-state index in [1.165, 1.54) is 94.7 Å². The van der Waals surface area contributed by atoms with Crippen LogP contribution in [0.15, 0.2) is 212 Å². The van der Waals surface area contributed by atoms with Gasteiger partial charge in [-0.1, -0.05) is 251 Å². The Labute approximate surface area is 423 Å². The second-order valence-corrected chi connectivity index (χ2v) is 23.2. The first-order valence-electron chi connectivity index (χ1n) is 25.8. The minimum Gasteiger partial charge on any atom is -0.310 e. The van der Waals surface area contributed by atoms with Gasteiger partial charge in [-0.05, 0) is 142 Å². The van der Waals surface area contributed by atoms with E-state index in [0.29, 0.717) is 0 Å². The third-order valence-corrected chi connectivity index (χ3v) is 15.9. The molecule has 0 spiro atoms. The highest BCUT2D eigenvalue weighted by Crippen LogP contribution is 2.60. The van der Waals surface area contributed by atoms with Gasteiger partial charge in [-0.2, -0.15) is 0 Å². The number of aryl methyl sites for hydroxylation is 1. The van der Waals surface area contributed by atoms with Crippen LogP contribution < -0.4 is 4.90 Å². The van der Waals surface area contributed by atoms with Crippen LogP contribution in [0.1, 0.15) is 136 Å².